The van der Waals surface area contributed by atoms with Crippen LogP contribution in [0.4, 0.5) is 14.6 Å². The van der Waals surface area contributed by atoms with Gasteiger partial charge in [-0.25, -0.2) is 15.8 Å². The van der Waals surface area contributed by atoms with Crippen LogP contribution in [-0.4, -0.2) is 48.2 Å². The van der Waals surface area contributed by atoms with E-state index in [1.54, 1.807) is 7.05 Å². The van der Waals surface area contributed by atoms with Gasteiger partial charge in [0, 0.05) is 44.7 Å². The molecule has 0 radical (unpaired) electrons. The maximum absolute atomic E-state index is 14.7. The number of alkyl halides is 2. The molecular weight excluding hydrogens is 382 g/mol. The van der Waals surface area contributed by atoms with Crippen molar-refractivity contribution in [2.24, 2.45) is 29.3 Å². The number of esters is 1. The number of hydrogen-bond donors (Lipinski definition) is 2. The Morgan fingerprint density at radius 3 is 2.66 bits per heavy atom. The summed E-state index contributed by atoms with van der Waals surface area (Å²) in [7, 11) is 2.94. The molecular formula is C19H26F2N6O2. The maximum atomic E-state index is 14.7. The second-order valence-corrected chi connectivity index (χ2v) is 8.10. The van der Waals surface area contributed by atoms with Crippen LogP contribution in [0, 0.1) is 17.8 Å². The van der Waals surface area contributed by atoms with Gasteiger partial charge in [0.25, 0.3) is 5.92 Å². The van der Waals surface area contributed by atoms with Crippen LogP contribution in [-0.2, 0) is 21.9 Å². The number of anilines is 1. The van der Waals surface area contributed by atoms with Gasteiger partial charge in [-0.2, -0.15) is 8.78 Å². The van der Waals surface area contributed by atoms with Gasteiger partial charge in [0.2, 0.25) is 0 Å². The zero-order valence-corrected chi connectivity index (χ0v) is 16.6. The predicted octanol–water partition coefficient (Wildman–Crippen LogP) is 1.21. The van der Waals surface area contributed by atoms with Gasteiger partial charge in [-0.1, -0.05) is 0 Å². The molecule has 1 saturated carbocycles. The third kappa shape index (κ3) is 3.39. The minimum absolute atomic E-state index is 0.0968. The molecule has 2 aliphatic carbocycles. The number of aromatic nitrogens is 2. The fourth-order valence-corrected chi connectivity index (χ4v) is 4.74. The van der Waals surface area contributed by atoms with Crippen molar-refractivity contribution in [3.63, 3.8) is 0 Å². The molecule has 3 aliphatic rings. The molecule has 0 spiro atoms. The van der Waals surface area contributed by atoms with E-state index < -0.39 is 5.92 Å². The number of hydrazine groups is 1. The van der Waals surface area contributed by atoms with Crippen LogP contribution < -0.4 is 16.5 Å². The summed E-state index contributed by atoms with van der Waals surface area (Å²) in [5, 5.41) is 1.22. The molecule has 1 saturated heterocycles. The molecule has 0 bridgehead atoms. The first kappa shape index (κ1) is 19.8. The lowest BCUT2D eigenvalue weighted by Gasteiger charge is -2.31. The van der Waals surface area contributed by atoms with Gasteiger partial charge in [-0.05, 0) is 30.6 Å². The molecule has 1 unspecified atom stereocenters. The largest absolute Gasteiger partial charge is 0.469 e. The Hall–Kier alpha value is -2.49. The highest BCUT2D eigenvalue weighted by atomic mass is 19.3. The lowest BCUT2D eigenvalue weighted by molar-refractivity contribution is -0.141. The first-order valence-electron chi connectivity index (χ1n) is 9.78. The number of carbonyl (C=O) groups is 1. The van der Waals surface area contributed by atoms with E-state index in [4.69, 9.17) is 16.3 Å². The third-order valence-corrected chi connectivity index (χ3v) is 6.32. The minimum Gasteiger partial charge on any atom is -0.469 e. The monoisotopic (exact) mass is 408 g/mol. The number of piperidine rings is 1. The Kier molecular flexibility index (Phi) is 4.84. The molecule has 8 nitrogen and oxygen atoms in total. The second-order valence-electron chi connectivity index (χ2n) is 8.10. The Morgan fingerprint density at radius 1 is 1.38 bits per heavy atom. The van der Waals surface area contributed by atoms with Crippen molar-refractivity contribution in [1.29, 1.82) is 0 Å². The van der Waals surface area contributed by atoms with E-state index in [0.717, 1.165) is 0 Å². The highest BCUT2D eigenvalue weighted by Gasteiger charge is 2.57. The number of methoxy groups -OCH3 is 1. The van der Waals surface area contributed by atoms with E-state index in [1.807, 2.05) is 4.90 Å². The van der Waals surface area contributed by atoms with E-state index in [9.17, 15) is 13.6 Å². The second kappa shape index (κ2) is 7.08. The smallest absolute Gasteiger partial charge is 0.305 e. The van der Waals surface area contributed by atoms with Gasteiger partial charge < -0.3 is 20.4 Å². The molecule has 4 rings (SSSR count). The van der Waals surface area contributed by atoms with E-state index in [2.05, 4.69) is 9.97 Å². The molecule has 3 atom stereocenters. The molecule has 2 heterocycles. The highest BCUT2D eigenvalue weighted by molar-refractivity contribution is 5.70. The average molecular weight is 408 g/mol. The fourth-order valence-electron chi connectivity index (χ4n) is 4.74. The lowest BCUT2D eigenvalue weighted by Crippen LogP contribution is -2.33. The predicted molar refractivity (Wildman–Crippen MR) is 102 cm³/mol. The van der Waals surface area contributed by atoms with Gasteiger partial charge in [-0.15, -0.1) is 0 Å². The number of nitrogens with zero attached hydrogens (tertiary/aromatic N) is 4. The Morgan fingerprint density at radius 2 is 2.07 bits per heavy atom. The standard InChI is InChI=1S/C19H26F2N6O2/c1-26(23)14(7-22)17-24-16-10(4-3-5-19(16,20)21)18(25-17)27-8-12-11(13(12)9-27)6-15(28)29-2/h7,11-13H,3-6,8-9,22-23H2,1-2H3/b14-7-/t11?,12-,13+. The van der Waals surface area contributed by atoms with Crippen molar-refractivity contribution < 1.29 is 18.3 Å². The quantitative estimate of drug-likeness (QED) is 0.425. The molecule has 29 heavy (non-hydrogen) atoms. The Balaban J connectivity index is 1.66. The van der Waals surface area contributed by atoms with Crippen LogP contribution >= 0.6 is 0 Å². The Bertz CT molecular complexity index is 847. The fraction of sp³-hybridized carbons (Fsp3) is 0.632. The molecule has 1 aromatic rings. The first-order valence-corrected chi connectivity index (χ1v) is 9.78. The van der Waals surface area contributed by atoms with E-state index in [-0.39, 0.29) is 29.6 Å². The number of hydrogen-bond acceptors (Lipinski definition) is 8. The third-order valence-electron chi connectivity index (χ3n) is 6.32. The molecule has 0 aromatic carbocycles. The molecule has 158 valence electrons. The number of carbonyl (C=O) groups excluding carboxylic acids is 1. The lowest BCUT2D eigenvalue weighted by atomic mass is 9.92. The minimum atomic E-state index is -3.01. The summed E-state index contributed by atoms with van der Waals surface area (Å²) in [6, 6.07) is 0. The van der Waals surface area contributed by atoms with Gasteiger partial charge in [0.1, 0.15) is 17.2 Å². The molecule has 1 aliphatic heterocycles. The van der Waals surface area contributed by atoms with E-state index >= 15 is 0 Å². The number of rotatable bonds is 5. The van der Waals surface area contributed by atoms with Crippen LogP contribution in [0.3, 0.4) is 0 Å². The van der Waals surface area contributed by atoms with Crippen LogP contribution in [0.5, 0.6) is 0 Å². The van der Waals surface area contributed by atoms with Crippen molar-refractivity contribution in [3.8, 4) is 0 Å². The van der Waals surface area contributed by atoms with Crippen molar-refractivity contribution in [1.82, 2.24) is 15.0 Å². The molecule has 2 fully saturated rings. The van der Waals surface area contributed by atoms with E-state index in [1.165, 1.54) is 18.3 Å². The number of fused-ring (bicyclic) bond motifs is 2. The van der Waals surface area contributed by atoms with Crippen LogP contribution in [0.1, 0.15) is 36.3 Å². The van der Waals surface area contributed by atoms with Crippen LogP contribution in [0.25, 0.3) is 5.70 Å². The summed E-state index contributed by atoms with van der Waals surface area (Å²) in [6.45, 7) is 1.36. The normalized spacial score (nSPS) is 27.3. The van der Waals surface area contributed by atoms with Crippen LogP contribution in [0.2, 0.25) is 0 Å². The van der Waals surface area contributed by atoms with Crippen molar-refractivity contribution in [2.75, 3.05) is 32.1 Å². The summed E-state index contributed by atoms with van der Waals surface area (Å²) in [5.74, 6) is 4.22. The summed E-state index contributed by atoms with van der Waals surface area (Å²) in [5.41, 5.74) is 6.21. The molecule has 10 heteroatoms. The first-order chi connectivity index (χ1) is 13.8. The van der Waals surface area contributed by atoms with Crippen LogP contribution in [0.15, 0.2) is 6.20 Å². The van der Waals surface area contributed by atoms with Gasteiger partial charge in [0.15, 0.2) is 5.82 Å². The molecule has 1 aromatic heterocycles. The number of nitrogens with two attached hydrogens (primary N) is 2. The average Bonchev–Trinajstić information content (AvgIpc) is 3.10. The SMILES string of the molecule is COC(=O)CC1[C@H]2CN(c3nc(/C(=C/N)N(C)N)nc4c3CCCC4(F)F)C[C@@H]12. The Labute approximate surface area is 167 Å². The number of halogens is 2. The maximum Gasteiger partial charge on any atom is 0.305 e. The summed E-state index contributed by atoms with van der Waals surface area (Å²) in [6.07, 6.45) is 2.29. The molecule has 0 amide bonds. The van der Waals surface area contributed by atoms with Gasteiger partial charge in [0.05, 0.1) is 7.11 Å². The highest BCUT2D eigenvalue weighted by Crippen LogP contribution is 2.55. The molecule has 4 N–H and O–H groups in total. The zero-order chi connectivity index (χ0) is 20.9. The van der Waals surface area contributed by atoms with E-state index in [0.29, 0.717) is 61.5 Å². The van der Waals surface area contributed by atoms with Crippen molar-refractivity contribution >= 4 is 17.5 Å². The van der Waals surface area contributed by atoms with Gasteiger partial charge >= 0.3 is 5.97 Å². The van der Waals surface area contributed by atoms with Gasteiger partial charge in [-0.3, -0.25) is 4.79 Å². The van der Waals surface area contributed by atoms with Crippen molar-refractivity contribution in [3.05, 3.63) is 23.3 Å². The topological polar surface area (TPSA) is 111 Å². The summed E-state index contributed by atoms with van der Waals surface area (Å²) < 4.78 is 34.1. The zero-order valence-electron chi connectivity index (χ0n) is 16.6. The summed E-state index contributed by atoms with van der Waals surface area (Å²) >= 11 is 0. The van der Waals surface area contributed by atoms with Crippen molar-refractivity contribution in [2.45, 2.75) is 31.6 Å². The number of ether oxygens (including phenoxy) is 1. The summed E-state index contributed by atoms with van der Waals surface area (Å²) in [4.78, 5) is 22.4.